The number of methoxy groups -OCH3 is 1. The van der Waals surface area contributed by atoms with Crippen molar-refractivity contribution in [3.63, 3.8) is 0 Å². The zero-order valence-electron chi connectivity index (χ0n) is 14.7. The second kappa shape index (κ2) is 7.58. The van der Waals surface area contributed by atoms with E-state index in [4.69, 9.17) is 4.74 Å². The van der Waals surface area contributed by atoms with E-state index in [-0.39, 0.29) is 11.4 Å². The average Bonchev–Trinajstić information content (AvgIpc) is 2.67. The van der Waals surface area contributed by atoms with Crippen LogP contribution in [0.25, 0.3) is 0 Å². The molecule has 3 rings (SSSR count). The summed E-state index contributed by atoms with van der Waals surface area (Å²) in [6.45, 7) is 1.97. The van der Waals surface area contributed by atoms with E-state index >= 15 is 0 Å². The van der Waals surface area contributed by atoms with Crippen molar-refractivity contribution in [3.05, 3.63) is 84.2 Å². The summed E-state index contributed by atoms with van der Waals surface area (Å²) >= 11 is 0. The van der Waals surface area contributed by atoms with Crippen LogP contribution in [0, 0.1) is 6.92 Å². The highest BCUT2D eigenvalue weighted by Crippen LogP contribution is 2.29. The molecular formula is C20H20N2O3S. The minimum atomic E-state index is -3.76. The van der Waals surface area contributed by atoms with Crippen molar-refractivity contribution in [2.75, 3.05) is 11.4 Å². The molecule has 0 unspecified atom stereocenters. The molecule has 0 aliphatic heterocycles. The third-order valence-corrected chi connectivity index (χ3v) is 5.99. The summed E-state index contributed by atoms with van der Waals surface area (Å²) in [7, 11) is -2.20. The quantitative estimate of drug-likeness (QED) is 0.664. The molecule has 134 valence electrons. The summed E-state index contributed by atoms with van der Waals surface area (Å²) in [6.07, 6.45) is 3.33. The van der Waals surface area contributed by atoms with E-state index in [1.807, 2.05) is 12.1 Å². The van der Waals surface area contributed by atoms with Gasteiger partial charge in [-0.2, -0.15) is 0 Å². The number of hydrogen-bond donors (Lipinski definition) is 0. The number of anilines is 1. The predicted molar refractivity (Wildman–Crippen MR) is 102 cm³/mol. The molecule has 6 heteroatoms. The van der Waals surface area contributed by atoms with Crippen LogP contribution in [0.5, 0.6) is 5.75 Å². The fourth-order valence-electron chi connectivity index (χ4n) is 2.70. The summed E-state index contributed by atoms with van der Waals surface area (Å²) in [5.74, 6) is 0.596. The number of benzene rings is 2. The molecule has 0 saturated carbocycles. The van der Waals surface area contributed by atoms with E-state index in [0.29, 0.717) is 17.0 Å². The van der Waals surface area contributed by atoms with Gasteiger partial charge < -0.3 is 4.74 Å². The van der Waals surface area contributed by atoms with Crippen molar-refractivity contribution in [2.24, 2.45) is 0 Å². The van der Waals surface area contributed by atoms with Crippen LogP contribution < -0.4 is 9.04 Å². The number of hydrogen-bond acceptors (Lipinski definition) is 4. The van der Waals surface area contributed by atoms with Gasteiger partial charge in [0, 0.05) is 18.5 Å². The zero-order chi connectivity index (χ0) is 18.6. The number of aromatic nitrogens is 1. The lowest BCUT2D eigenvalue weighted by Crippen LogP contribution is -2.31. The monoisotopic (exact) mass is 368 g/mol. The maximum absolute atomic E-state index is 13.4. The van der Waals surface area contributed by atoms with Crippen molar-refractivity contribution in [3.8, 4) is 5.75 Å². The molecule has 0 atom stereocenters. The Labute approximate surface area is 153 Å². The highest BCUT2D eigenvalue weighted by Gasteiger charge is 2.27. The fraction of sp³-hybridized carbons (Fsp3) is 0.150. The molecule has 0 aliphatic rings. The number of pyridine rings is 1. The van der Waals surface area contributed by atoms with Gasteiger partial charge in [0.2, 0.25) is 0 Å². The minimum Gasteiger partial charge on any atom is -0.497 e. The molecular weight excluding hydrogens is 348 g/mol. The van der Waals surface area contributed by atoms with Crippen LogP contribution in [0.4, 0.5) is 5.69 Å². The molecule has 0 fully saturated rings. The third-order valence-electron chi connectivity index (χ3n) is 4.05. The molecule has 0 aliphatic carbocycles. The van der Waals surface area contributed by atoms with Gasteiger partial charge in [-0.15, -0.1) is 0 Å². The van der Waals surface area contributed by atoms with E-state index in [1.165, 1.54) is 4.31 Å². The Morgan fingerprint density at radius 1 is 1.04 bits per heavy atom. The number of rotatable bonds is 6. The average molecular weight is 368 g/mol. The largest absolute Gasteiger partial charge is 0.497 e. The molecule has 5 nitrogen and oxygen atoms in total. The van der Waals surface area contributed by atoms with Crippen LogP contribution in [-0.4, -0.2) is 20.5 Å². The van der Waals surface area contributed by atoms with Crippen molar-refractivity contribution in [1.82, 2.24) is 4.98 Å². The topological polar surface area (TPSA) is 59.5 Å². The van der Waals surface area contributed by atoms with Gasteiger partial charge >= 0.3 is 0 Å². The van der Waals surface area contributed by atoms with Gasteiger partial charge in [-0.05, 0) is 42.3 Å². The summed E-state index contributed by atoms with van der Waals surface area (Å²) in [5, 5.41) is 0. The Balaban J connectivity index is 2.12. The van der Waals surface area contributed by atoms with Crippen molar-refractivity contribution >= 4 is 15.7 Å². The lowest BCUT2D eigenvalue weighted by Gasteiger charge is -2.25. The van der Waals surface area contributed by atoms with Gasteiger partial charge in [0.15, 0.2) is 0 Å². The van der Waals surface area contributed by atoms with Crippen LogP contribution in [-0.2, 0) is 16.6 Å². The first-order valence-electron chi connectivity index (χ1n) is 8.13. The highest BCUT2D eigenvalue weighted by molar-refractivity contribution is 7.92. The number of aryl methyl sites for hydroxylation is 1. The van der Waals surface area contributed by atoms with Gasteiger partial charge in [0.25, 0.3) is 10.0 Å². The Bertz CT molecular complexity index is 989. The first kappa shape index (κ1) is 17.9. The van der Waals surface area contributed by atoms with Crippen LogP contribution in [0.15, 0.2) is 78.0 Å². The molecule has 2 aromatic carbocycles. The SMILES string of the molecule is COc1cccc(N(Cc2cccnc2)S(=O)(=O)c2ccccc2C)c1. The summed E-state index contributed by atoms with van der Waals surface area (Å²) < 4.78 is 33.5. The lowest BCUT2D eigenvalue weighted by atomic mass is 10.2. The second-order valence-electron chi connectivity index (χ2n) is 5.84. The summed E-state index contributed by atoms with van der Waals surface area (Å²) in [6, 6.07) is 17.7. The van der Waals surface area contributed by atoms with Crippen LogP contribution in [0.1, 0.15) is 11.1 Å². The summed E-state index contributed by atoms with van der Waals surface area (Å²) in [5.41, 5.74) is 2.04. The Morgan fingerprint density at radius 2 is 1.85 bits per heavy atom. The first-order chi connectivity index (χ1) is 12.5. The van der Waals surface area contributed by atoms with Gasteiger partial charge in [0.1, 0.15) is 5.75 Å². The van der Waals surface area contributed by atoms with Crippen LogP contribution in [0.3, 0.4) is 0 Å². The molecule has 1 aromatic heterocycles. The molecule has 3 aromatic rings. The Hall–Kier alpha value is -2.86. The van der Waals surface area contributed by atoms with Gasteiger partial charge in [0.05, 0.1) is 24.2 Å². The van der Waals surface area contributed by atoms with E-state index in [9.17, 15) is 8.42 Å². The first-order valence-corrected chi connectivity index (χ1v) is 9.57. The molecule has 0 radical (unpaired) electrons. The molecule has 0 N–H and O–H groups in total. The smallest absolute Gasteiger partial charge is 0.264 e. The molecule has 0 bridgehead atoms. The molecule has 1 heterocycles. The third kappa shape index (κ3) is 3.70. The van der Waals surface area contributed by atoms with E-state index in [1.54, 1.807) is 75.0 Å². The highest BCUT2D eigenvalue weighted by atomic mass is 32.2. The minimum absolute atomic E-state index is 0.178. The number of sulfonamides is 1. The van der Waals surface area contributed by atoms with E-state index in [0.717, 1.165) is 5.56 Å². The maximum atomic E-state index is 13.4. The van der Waals surface area contributed by atoms with E-state index in [2.05, 4.69) is 4.98 Å². The number of ether oxygens (including phenoxy) is 1. The number of nitrogens with zero attached hydrogens (tertiary/aromatic N) is 2. The van der Waals surface area contributed by atoms with Crippen molar-refractivity contribution in [2.45, 2.75) is 18.4 Å². The molecule has 26 heavy (non-hydrogen) atoms. The van der Waals surface area contributed by atoms with Crippen molar-refractivity contribution < 1.29 is 13.2 Å². The van der Waals surface area contributed by atoms with Crippen molar-refractivity contribution in [1.29, 1.82) is 0 Å². The molecule has 0 spiro atoms. The Kier molecular flexibility index (Phi) is 5.23. The van der Waals surface area contributed by atoms with Gasteiger partial charge in [-0.3, -0.25) is 9.29 Å². The summed E-state index contributed by atoms with van der Waals surface area (Å²) in [4.78, 5) is 4.38. The zero-order valence-corrected chi connectivity index (χ0v) is 15.5. The predicted octanol–water partition coefficient (Wildman–Crippen LogP) is 3.79. The van der Waals surface area contributed by atoms with E-state index < -0.39 is 10.0 Å². The van der Waals surface area contributed by atoms with Crippen LogP contribution >= 0.6 is 0 Å². The second-order valence-corrected chi connectivity index (χ2v) is 7.67. The normalized spacial score (nSPS) is 11.2. The molecule has 0 saturated heterocycles. The van der Waals surface area contributed by atoms with Gasteiger partial charge in [-0.1, -0.05) is 30.3 Å². The van der Waals surface area contributed by atoms with Gasteiger partial charge in [-0.25, -0.2) is 8.42 Å². The Morgan fingerprint density at radius 3 is 2.54 bits per heavy atom. The fourth-order valence-corrected chi connectivity index (χ4v) is 4.38. The maximum Gasteiger partial charge on any atom is 0.264 e. The lowest BCUT2D eigenvalue weighted by molar-refractivity contribution is 0.415. The molecule has 0 amide bonds. The standard InChI is InChI=1S/C20H20N2O3S/c1-16-7-3-4-11-20(16)26(23,24)22(15-17-8-6-12-21-14-17)18-9-5-10-19(13-18)25-2/h3-14H,15H2,1-2H3. The van der Waals surface area contributed by atoms with Crippen LogP contribution in [0.2, 0.25) is 0 Å².